The first-order valence-electron chi connectivity index (χ1n) is 6.75. The summed E-state index contributed by atoms with van der Waals surface area (Å²) in [7, 11) is 0. The molecule has 0 bridgehead atoms. The number of benzene rings is 1. The van der Waals surface area contributed by atoms with Crippen molar-refractivity contribution < 1.29 is 4.74 Å². The summed E-state index contributed by atoms with van der Waals surface area (Å²) >= 11 is 0. The number of rotatable bonds is 7. The van der Waals surface area contributed by atoms with Gasteiger partial charge in [0.25, 0.3) is 0 Å². The fourth-order valence-corrected chi connectivity index (χ4v) is 1.70. The van der Waals surface area contributed by atoms with Crippen molar-refractivity contribution in [2.24, 2.45) is 10.8 Å². The van der Waals surface area contributed by atoms with Gasteiger partial charge in [0, 0.05) is 25.4 Å². The van der Waals surface area contributed by atoms with E-state index < -0.39 is 0 Å². The Morgan fingerprint density at radius 1 is 1.32 bits per heavy atom. The van der Waals surface area contributed by atoms with Gasteiger partial charge < -0.3 is 10.1 Å². The predicted octanol–water partition coefficient (Wildman–Crippen LogP) is 1.91. The molecule has 106 valence electrons. The van der Waals surface area contributed by atoms with Gasteiger partial charge in [0.15, 0.2) is 0 Å². The summed E-state index contributed by atoms with van der Waals surface area (Å²) in [6.07, 6.45) is 1.85. The second kappa shape index (κ2) is 9.35. The van der Waals surface area contributed by atoms with Gasteiger partial charge in [-0.1, -0.05) is 25.1 Å². The Bertz CT molecular complexity index is 393. The molecule has 5 heteroatoms. The molecule has 0 atom stereocenters. The van der Waals surface area contributed by atoms with Crippen molar-refractivity contribution in [3.8, 4) is 0 Å². The SMILES string of the molecule is CCOCCCN=C(NN)Nc1ccccc1CC. The quantitative estimate of drug-likeness (QED) is 0.231. The minimum absolute atomic E-state index is 0.581. The van der Waals surface area contributed by atoms with E-state index >= 15 is 0 Å². The molecule has 19 heavy (non-hydrogen) atoms. The fraction of sp³-hybridized carbons (Fsp3) is 0.500. The lowest BCUT2D eigenvalue weighted by Gasteiger charge is -2.12. The molecule has 0 amide bonds. The van der Waals surface area contributed by atoms with Crippen LogP contribution in [0.2, 0.25) is 0 Å². The molecule has 0 saturated heterocycles. The molecule has 0 unspecified atom stereocenters. The zero-order chi connectivity index (χ0) is 13.9. The van der Waals surface area contributed by atoms with Crippen LogP contribution in [-0.4, -0.2) is 25.7 Å². The third-order valence-electron chi connectivity index (χ3n) is 2.71. The van der Waals surface area contributed by atoms with Crippen molar-refractivity contribution in [2.75, 3.05) is 25.1 Å². The zero-order valence-corrected chi connectivity index (χ0v) is 11.8. The minimum Gasteiger partial charge on any atom is -0.382 e. The van der Waals surface area contributed by atoms with Crippen LogP contribution in [0.15, 0.2) is 29.3 Å². The third-order valence-corrected chi connectivity index (χ3v) is 2.71. The molecule has 4 N–H and O–H groups in total. The Morgan fingerprint density at radius 3 is 2.79 bits per heavy atom. The molecule has 1 aromatic carbocycles. The topological polar surface area (TPSA) is 71.7 Å². The lowest BCUT2D eigenvalue weighted by atomic mass is 10.1. The predicted molar refractivity (Wildman–Crippen MR) is 80.2 cm³/mol. The highest BCUT2D eigenvalue weighted by Crippen LogP contribution is 2.14. The van der Waals surface area contributed by atoms with E-state index in [9.17, 15) is 0 Å². The molecule has 0 heterocycles. The molecule has 5 nitrogen and oxygen atoms in total. The molecule has 0 aliphatic carbocycles. The van der Waals surface area contributed by atoms with Gasteiger partial charge in [0.05, 0.1) is 0 Å². The van der Waals surface area contributed by atoms with Gasteiger partial charge in [0.2, 0.25) is 5.96 Å². The number of hydrazine groups is 1. The van der Waals surface area contributed by atoms with E-state index in [1.807, 2.05) is 25.1 Å². The number of aryl methyl sites for hydroxylation is 1. The van der Waals surface area contributed by atoms with Crippen molar-refractivity contribution in [1.82, 2.24) is 5.43 Å². The Morgan fingerprint density at radius 2 is 2.11 bits per heavy atom. The van der Waals surface area contributed by atoms with Crippen LogP contribution < -0.4 is 16.6 Å². The van der Waals surface area contributed by atoms with Gasteiger partial charge in [-0.25, -0.2) is 5.84 Å². The van der Waals surface area contributed by atoms with Gasteiger partial charge in [0.1, 0.15) is 0 Å². The number of aliphatic imine (C=N–C) groups is 1. The van der Waals surface area contributed by atoms with E-state index in [0.29, 0.717) is 12.5 Å². The van der Waals surface area contributed by atoms with Crippen LogP contribution in [-0.2, 0) is 11.2 Å². The zero-order valence-electron chi connectivity index (χ0n) is 11.8. The monoisotopic (exact) mass is 264 g/mol. The smallest absolute Gasteiger partial charge is 0.210 e. The number of guanidine groups is 1. The maximum Gasteiger partial charge on any atom is 0.210 e. The Balaban J connectivity index is 2.53. The standard InChI is InChI=1S/C14H24N4O/c1-3-12-8-5-6-9-13(12)17-14(18-15)16-10-7-11-19-4-2/h5-6,8-9H,3-4,7,10-11,15H2,1-2H3,(H2,16,17,18). The van der Waals surface area contributed by atoms with Crippen LogP contribution in [0.1, 0.15) is 25.8 Å². The van der Waals surface area contributed by atoms with E-state index in [1.54, 1.807) is 0 Å². The van der Waals surface area contributed by atoms with Crippen LogP contribution in [0.5, 0.6) is 0 Å². The van der Waals surface area contributed by atoms with Gasteiger partial charge in [-0.3, -0.25) is 10.4 Å². The maximum absolute atomic E-state index is 5.48. The second-order valence-corrected chi connectivity index (χ2v) is 4.06. The van der Waals surface area contributed by atoms with Crippen molar-refractivity contribution in [3.63, 3.8) is 0 Å². The van der Waals surface area contributed by atoms with Gasteiger partial charge in [-0.05, 0) is 31.4 Å². The highest BCUT2D eigenvalue weighted by atomic mass is 16.5. The number of ether oxygens (including phenoxy) is 1. The third kappa shape index (κ3) is 5.72. The Labute approximate surface area is 115 Å². The Hall–Kier alpha value is -1.59. The van der Waals surface area contributed by atoms with E-state index in [4.69, 9.17) is 10.6 Å². The second-order valence-electron chi connectivity index (χ2n) is 4.06. The highest BCUT2D eigenvalue weighted by Gasteiger charge is 2.02. The largest absolute Gasteiger partial charge is 0.382 e. The van der Waals surface area contributed by atoms with Crippen molar-refractivity contribution in [3.05, 3.63) is 29.8 Å². The normalized spacial score (nSPS) is 11.4. The summed E-state index contributed by atoms with van der Waals surface area (Å²) in [5, 5.41) is 3.21. The fourth-order valence-electron chi connectivity index (χ4n) is 1.70. The van der Waals surface area contributed by atoms with Crippen LogP contribution in [0.25, 0.3) is 0 Å². The van der Waals surface area contributed by atoms with Crippen LogP contribution in [0.3, 0.4) is 0 Å². The number of nitrogens with one attached hydrogen (secondary N) is 2. The number of nitrogens with zero attached hydrogens (tertiary/aromatic N) is 1. The van der Waals surface area contributed by atoms with Crippen LogP contribution >= 0.6 is 0 Å². The summed E-state index contributed by atoms with van der Waals surface area (Å²) in [6, 6.07) is 8.13. The number of nitrogens with two attached hydrogens (primary N) is 1. The molecular formula is C14H24N4O. The molecule has 0 aliphatic heterocycles. The molecule has 0 aliphatic rings. The van der Waals surface area contributed by atoms with Crippen molar-refractivity contribution >= 4 is 11.6 Å². The first-order valence-corrected chi connectivity index (χ1v) is 6.75. The van der Waals surface area contributed by atoms with E-state index in [-0.39, 0.29) is 0 Å². The van der Waals surface area contributed by atoms with E-state index in [1.165, 1.54) is 5.56 Å². The van der Waals surface area contributed by atoms with Crippen molar-refractivity contribution in [1.29, 1.82) is 0 Å². The van der Waals surface area contributed by atoms with Gasteiger partial charge in [-0.2, -0.15) is 0 Å². The number of hydrogen-bond donors (Lipinski definition) is 3. The summed E-state index contributed by atoms with van der Waals surface area (Å²) < 4.78 is 5.26. The molecule has 0 spiro atoms. The maximum atomic E-state index is 5.48. The lowest BCUT2D eigenvalue weighted by Crippen LogP contribution is -2.36. The molecule has 0 radical (unpaired) electrons. The average molecular weight is 264 g/mol. The first kappa shape index (κ1) is 15.5. The number of hydrogen-bond acceptors (Lipinski definition) is 3. The van der Waals surface area contributed by atoms with Gasteiger partial charge in [-0.15, -0.1) is 0 Å². The summed E-state index contributed by atoms with van der Waals surface area (Å²) in [5.41, 5.74) is 4.86. The number of para-hydroxylation sites is 1. The van der Waals surface area contributed by atoms with Crippen LogP contribution in [0, 0.1) is 0 Å². The number of anilines is 1. The molecule has 1 rings (SSSR count). The summed E-state index contributed by atoms with van der Waals surface area (Å²) in [6.45, 7) is 6.26. The average Bonchev–Trinajstić information content (AvgIpc) is 2.46. The van der Waals surface area contributed by atoms with Crippen molar-refractivity contribution in [2.45, 2.75) is 26.7 Å². The molecular weight excluding hydrogens is 240 g/mol. The lowest BCUT2D eigenvalue weighted by molar-refractivity contribution is 0.146. The van der Waals surface area contributed by atoms with Gasteiger partial charge >= 0.3 is 0 Å². The molecule has 0 saturated carbocycles. The minimum atomic E-state index is 0.581. The Kier molecular flexibility index (Phi) is 7.62. The van der Waals surface area contributed by atoms with E-state index in [0.717, 1.165) is 31.7 Å². The van der Waals surface area contributed by atoms with E-state index in [2.05, 4.69) is 28.7 Å². The summed E-state index contributed by atoms with van der Waals surface area (Å²) in [4.78, 5) is 4.37. The first-order chi connectivity index (χ1) is 9.31. The highest BCUT2D eigenvalue weighted by molar-refractivity contribution is 5.93. The molecule has 0 aromatic heterocycles. The van der Waals surface area contributed by atoms with Crippen LogP contribution in [0.4, 0.5) is 5.69 Å². The molecule has 0 fully saturated rings. The summed E-state index contributed by atoms with van der Waals surface area (Å²) in [5.74, 6) is 6.06. The molecule has 1 aromatic rings.